The summed E-state index contributed by atoms with van der Waals surface area (Å²) in [4.78, 5) is 5.33. The molecule has 1 saturated heterocycles. The first kappa shape index (κ1) is 13.5. The maximum Gasteiger partial charge on any atom is 0.266 e. The quantitative estimate of drug-likeness (QED) is 0.787. The zero-order chi connectivity index (χ0) is 12.6. The zero-order valence-electron chi connectivity index (χ0n) is 9.11. The van der Waals surface area contributed by atoms with Gasteiger partial charge in [-0.15, -0.1) is 0 Å². The third-order valence-corrected chi connectivity index (χ3v) is 5.97. The number of aryl methyl sites for hydroxylation is 1. The molecule has 1 aromatic carbocycles. The van der Waals surface area contributed by atoms with Crippen LogP contribution in [0.4, 0.5) is 0 Å². The Hall–Kier alpha value is 0.0500. The monoisotopic (exact) mass is 383 g/mol. The van der Waals surface area contributed by atoms with E-state index in [-0.39, 0.29) is 4.90 Å². The van der Waals surface area contributed by atoms with Crippen LogP contribution in [0.5, 0.6) is 0 Å². The van der Waals surface area contributed by atoms with Gasteiger partial charge in [-0.2, -0.15) is 0 Å². The second kappa shape index (κ2) is 4.97. The summed E-state index contributed by atoms with van der Waals surface area (Å²) in [6.07, 6.45) is 0.726. The normalized spacial score (nSPS) is 17.6. The number of sulfonamides is 1. The van der Waals surface area contributed by atoms with Gasteiger partial charge >= 0.3 is 0 Å². The Kier molecular flexibility index (Phi) is 3.94. The molecule has 17 heavy (non-hydrogen) atoms. The van der Waals surface area contributed by atoms with Crippen LogP contribution in [0.1, 0.15) is 12.0 Å². The van der Waals surface area contributed by atoms with Gasteiger partial charge in [-0.25, -0.2) is 8.42 Å². The molecule has 0 unspecified atom stereocenters. The fraction of sp³-hybridized carbons (Fsp3) is 0.400. The Labute approximate surface area is 117 Å². The maximum atomic E-state index is 12.3. The second-order valence-corrected chi connectivity index (χ2v) is 7.26. The van der Waals surface area contributed by atoms with Gasteiger partial charge in [-0.1, -0.05) is 20.4 Å². The topological polar surface area (TPSA) is 46.6 Å². The number of rotatable bonds is 2. The van der Waals surface area contributed by atoms with Crippen molar-refractivity contribution < 1.29 is 13.3 Å². The van der Waals surface area contributed by atoms with Crippen LogP contribution in [-0.2, 0) is 14.9 Å². The lowest BCUT2D eigenvalue weighted by Crippen LogP contribution is -2.27. The first-order valence-corrected chi connectivity index (χ1v) is 8.07. The minimum atomic E-state index is -3.57. The summed E-state index contributed by atoms with van der Waals surface area (Å²) in [7, 11) is -3.57. The van der Waals surface area contributed by atoms with Crippen LogP contribution in [0, 0.1) is 6.92 Å². The molecule has 7 heteroatoms. The second-order valence-electron chi connectivity index (χ2n) is 3.75. The highest BCUT2D eigenvalue weighted by atomic mass is 79.9. The van der Waals surface area contributed by atoms with Gasteiger partial charge in [0, 0.05) is 15.5 Å². The minimum Gasteiger partial charge on any atom is -0.284 e. The molecule has 1 aliphatic rings. The molecule has 1 heterocycles. The molecule has 94 valence electrons. The van der Waals surface area contributed by atoms with Crippen molar-refractivity contribution in [3.63, 3.8) is 0 Å². The van der Waals surface area contributed by atoms with Gasteiger partial charge in [-0.3, -0.25) is 4.84 Å². The van der Waals surface area contributed by atoms with E-state index in [0.717, 1.165) is 20.9 Å². The molecule has 0 aromatic heterocycles. The van der Waals surface area contributed by atoms with Crippen molar-refractivity contribution in [2.45, 2.75) is 18.2 Å². The Balaban J connectivity index is 2.49. The molecule has 1 aromatic rings. The predicted octanol–water partition coefficient (Wildman–Crippen LogP) is 2.85. The number of nitrogens with zero attached hydrogens (tertiary/aromatic N) is 1. The highest BCUT2D eigenvalue weighted by Gasteiger charge is 2.30. The molecular weight excluding hydrogens is 374 g/mol. The highest BCUT2D eigenvalue weighted by Crippen LogP contribution is 2.31. The number of hydrogen-bond acceptors (Lipinski definition) is 3. The molecule has 0 atom stereocenters. The summed E-state index contributed by atoms with van der Waals surface area (Å²) in [5, 5.41) is 0. The fourth-order valence-corrected chi connectivity index (χ4v) is 4.49. The van der Waals surface area contributed by atoms with E-state index in [1.54, 1.807) is 12.1 Å². The summed E-state index contributed by atoms with van der Waals surface area (Å²) in [5.41, 5.74) is 0.971. The largest absolute Gasteiger partial charge is 0.284 e. The van der Waals surface area contributed by atoms with E-state index in [2.05, 4.69) is 31.9 Å². The van der Waals surface area contributed by atoms with Gasteiger partial charge in [0.25, 0.3) is 10.0 Å². The standard InChI is InChI=1S/C10H11Br2NO3S/c1-7-5-9(12)10(6-8(7)11)17(14,15)13-3-2-4-16-13/h5-6H,2-4H2,1H3. The van der Waals surface area contributed by atoms with Crippen molar-refractivity contribution in [3.05, 3.63) is 26.6 Å². The molecule has 0 spiro atoms. The van der Waals surface area contributed by atoms with Crippen LogP contribution in [0.25, 0.3) is 0 Å². The fourth-order valence-electron chi connectivity index (χ4n) is 1.55. The molecular formula is C10H11Br2NO3S. The average molecular weight is 385 g/mol. The van der Waals surface area contributed by atoms with Crippen LogP contribution in [0.3, 0.4) is 0 Å². The molecule has 1 aliphatic heterocycles. The molecule has 2 rings (SSSR count). The Bertz CT molecular complexity index is 539. The average Bonchev–Trinajstić information content (AvgIpc) is 2.77. The van der Waals surface area contributed by atoms with Crippen molar-refractivity contribution in [1.82, 2.24) is 4.47 Å². The summed E-state index contributed by atoms with van der Waals surface area (Å²) in [6, 6.07) is 3.36. The molecule has 0 N–H and O–H groups in total. The molecule has 0 saturated carbocycles. The van der Waals surface area contributed by atoms with Crippen molar-refractivity contribution in [3.8, 4) is 0 Å². The summed E-state index contributed by atoms with van der Waals surface area (Å²) in [5.74, 6) is 0. The lowest BCUT2D eigenvalue weighted by Gasteiger charge is -2.16. The molecule has 0 aliphatic carbocycles. The summed E-state index contributed by atoms with van der Waals surface area (Å²) in [6.45, 7) is 2.75. The van der Waals surface area contributed by atoms with Gasteiger partial charge in [0.1, 0.15) is 0 Å². The first-order chi connectivity index (χ1) is 7.93. The predicted molar refractivity (Wildman–Crippen MR) is 71.0 cm³/mol. The van der Waals surface area contributed by atoms with Crippen molar-refractivity contribution in [1.29, 1.82) is 0 Å². The van der Waals surface area contributed by atoms with Gasteiger partial charge in [0.2, 0.25) is 0 Å². The minimum absolute atomic E-state index is 0.219. The van der Waals surface area contributed by atoms with Crippen LogP contribution in [0.15, 0.2) is 26.0 Å². The Morgan fingerprint density at radius 3 is 2.59 bits per heavy atom. The van der Waals surface area contributed by atoms with Gasteiger partial charge in [0.15, 0.2) is 0 Å². The Morgan fingerprint density at radius 2 is 2.00 bits per heavy atom. The van der Waals surface area contributed by atoms with Gasteiger partial charge in [-0.05, 0) is 47.0 Å². The van der Waals surface area contributed by atoms with Crippen LogP contribution in [-0.4, -0.2) is 26.0 Å². The third kappa shape index (κ3) is 2.58. The van der Waals surface area contributed by atoms with Gasteiger partial charge in [0.05, 0.1) is 11.5 Å². The van der Waals surface area contributed by atoms with Crippen LogP contribution in [0.2, 0.25) is 0 Å². The molecule has 1 fully saturated rings. The van der Waals surface area contributed by atoms with E-state index in [4.69, 9.17) is 4.84 Å². The van der Waals surface area contributed by atoms with Crippen molar-refractivity contribution in [2.24, 2.45) is 0 Å². The zero-order valence-corrected chi connectivity index (χ0v) is 13.1. The van der Waals surface area contributed by atoms with E-state index in [1.807, 2.05) is 6.92 Å². The lowest BCUT2D eigenvalue weighted by molar-refractivity contribution is -0.0285. The first-order valence-electron chi connectivity index (χ1n) is 5.04. The number of halogens is 2. The van der Waals surface area contributed by atoms with Crippen molar-refractivity contribution >= 4 is 41.9 Å². The smallest absolute Gasteiger partial charge is 0.266 e. The summed E-state index contributed by atoms with van der Waals surface area (Å²) >= 11 is 6.62. The number of benzene rings is 1. The van der Waals surface area contributed by atoms with E-state index in [0.29, 0.717) is 17.6 Å². The third-order valence-electron chi connectivity index (χ3n) is 2.48. The summed E-state index contributed by atoms with van der Waals surface area (Å²) < 4.78 is 26.9. The highest BCUT2D eigenvalue weighted by molar-refractivity contribution is 9.11. The van der Waals surface area contributed by atoms with Gasteiger partial charge < -0.3 is 0 Å². The maximum absolute atomic E-state index is 12.3. The van der Waals surface area contributed by atoms with Crippen LogP contribution < -0.4 is 0 Å². The Morgan fingerprint density at radius 1 is 1.29 bits per heavy atom. The molecule has 0 amide bonds. The molecule has 0 bridgehead atoms. The number of hydroxylamine groups is 1. The number of hydrogen-bond donors (Lipinski definition) is 0. The van der Waals surface area contributed by atoms with E-state index < -0.39 is 10.0 Å². The SMILES string of the molecule is Cc1cc(Br)c(S(=O)(=O)N2CCCO2)cc1Br. The van der Waals surface area contributed by atoms with E-state index >= 15 is 0 Å². The van der Waals surface area contributed by atoms with E-state index in [9.17, 15) is 8.42 Å². The molecule has 4 nitrogen and oxygen atoms in total. The van der Waals surface area contributed by atoms with Crippen molar-refractivity contribution in [2.75, 3.05) is 13.2 Å². The van der Waals surface area contributed by atoms with E-state index in [1.165, 1.54) is 0 Å². The van der Waals surface area contributed by atoms with Crippen LogP contribution >= 0.6 is 31.9 Å². The molecule has 0 radical (unpaired) electrons. The lowest BCUT2D eigenvalue weighted by atomic mass is 10.2.